The Labute approximate surface area is 150 Å². The van der Waals surface area contributed by atoms with Crippen LogP contribution in [-0.2, 0) is 6.61 Å². The molecular weight excluding hydrogens is 312 g/mol. The molecule has 25 heavy (non-hydrogen) atoms. The van der Waals surface area contributed by atoms with Crippen LogP contribution in [0.3, 0.4) is 0 Å². The van der Waals surface area contributed by atoms with Crippen LogP contribution in [0, 0.1) is 13.8 Å². The summed E-state index contributed by atoms with van der Waals surface area (Å²) in [7, 11) is 0. The molecule has 2 rings (SSSR count). The van der Waals surface area contributed by atoms with Crippen LogP contribution in [0.5, 0.6) is 5.75 Å². The molecule has 0 fully saturated rings. The number of unbranched alkanes of at least 4 members (excludes halogenated alkanes) is 3. The van der Waals surface area contributed by atoms with E-state index in [-0.39, 0.29) is 5.91 Å². The number of aryl methyl sites for hydroxylation is 2. The summed E-state index contributed by atoms with van der Waals surface area (Å²) >= 11 is 0. The fourth-order valence-electron chi connectivity index (χ4n) is 2.80. The van der Waals surface area contributed by atoms with E-state index >= 15 is 0 Å². The highest BCUT2D eigenvalue weighted by Crippen LogP contribution is 2.25. The zero-order valence-electron chi connectivity index (χ0n) is 15.5. The quantitative estimate of drug-likeness (QED) is 0.679. The molecule has 0 saturated carbocycles. The van der Waals surface area contributed by atoms with E-state index in [0.29, 0.717) is 12.2 Å². The Hall–Kier alpha value is -2.36. The monoisotopic (exact) mass is 340 g/mol. The Morgan fingerprint density at radius 1 is 1.16 bits per heavy atom. The van der Waals surface area contributed by atoms with Crippen molar-refractivity contribution in [3.05, 3.63) is 58.9 Å². The fourth-order valence-corrected chi connectivity index (χ4v) is 2.80. The predicted octanol–water partition coefficient (Wildman–Crippen LogP) is 4.59. The van der Waals surface area contributed by atoms with E-state index in [9.17, 15) is 4.79 Å². The minimum absolute atomic E-state index is 0.0125. The van der Waals surface area contributed by atoms with Gasteiger partial charge in [0.1, 0.15) is 12.4 Å². The van der Waals surface area contributed by atoms with Crippen LogP contribution in [0.2, 0.25) is 0 Å². The molecule has 1 amide bonds. The minimum Gasteiger partial charge on any atom is -0.488 e. The summed E-state index contributed by atoms with van der Waals surface area (Å²) in [5, 5.41) is 3.00. The van der Waals surface area contributed by atoms with Crippen molar-refractivity contribution >= 4 is 5.91 Å². The lowest BCUT2D eigenvalue weighted by Gasteiger charge is -2.14. The molecule has 0 atom stereocenters. The van der Waals surface area contributed by atoms with Gasteiger partial charge in [-0.05, 0) is 49.6 Å². The number of carbonyl (C=O) groups excluding carboxylic acids is 1. The van der Waals surface area contributed by atoms with Crippen molar-refractivity contribution in [2.24, 2.45) is 0 Å². The molecule has 0 spiro atoms. The zero-order valence-corrected chi connectivity index (χ0v) is 15.5. The van der Waals surface area contributed by atoms with Crippen molar-refractivity contribution in [3.63, 3.8) is 0 Å². The van der Waals surface area contributed by atoms with Crippen LogP contribution in [0.1, 0.15) is 59.7 Å². The van der Waals surface area contributed by atoms with Crippen molar-refractivity contribution in [3.8, 4) is 5.75 Å². The number of pyridine rings is 1. The molecule has 4 heteroatoms. The molecule has 1 N–H and O–H groups in total. The third-order valence-corrected chi connectivity index (χ3v) is 4.14. The van der Waals surface area contributed by atoms with Gasteiger partial charge in [-0.2, -0.15) is 0 Å². The number of carbonyl (C=O) groups is 1. The highest BCUT2D eigenvalue weighted by Gasteiger charge is 2.11. The van der Waals surface area contributed by atoms with Crippen molar-refractivity contribution in [2.45, 2.75) is 53.1 Å². The molecular formula is C21H28N2O2. The van der Waals surface area contributed by atoms with Gasteiger partial charge in [-0.15, -0.1) is 0 Å². The number of rotatable bonds is 9. The molecule has 1 aromatic carbocycles. The van der Waals surface area contributed by atoms with Gasteiger partial charge in [-0.3, -0.25) is 9.78 Å². The van der Waals surface area contributed by atoms with Crippen LogP contribution in [0.15, 0.2) is 36.7 Å². The van der Waals surface area contributed by atoms with E-state index in [1.165, 1.54) is 12.8 Å². The van der Waals surface area contributed by atoms with Gasteiger partial charge < -0.3 is 10.1 Å². The minimum atomic E-state index is -0.0125. The normalized spacial score (nSPS) is 10.5. The first-order valence-corrected chi connectivity index (χ1v) is 9.03. The van der Waals surface area contributed by atoms with Gasteiger partial charge in [0.15, 0.2) is 0 Å². The number of hydrogen-bond donors (Lipinski definition) is 1. The molecule has 4 nitrogen and oxygen atoms in total. The van der Waals surface area contributed by atoms with Gasteiger partial charge in [0.25, 0.3) is 5.91 Å². The van der Waals surface area contributed by atoms with Crippen molar-refractivity contribution in [2.75, 3.05) is 6.54 Å². The van der Waals surface area contributed by atoms with Crippen LogP contribution >= 0.6 is 0 Å². The summed E-state index contributed by atoms with van der Waals surface area (Å²) in [6.07, 6.45) is 8.16. The third kappa shape index (κ3) is 5.89. The summed E-state index contributed by atoms with van der Waals surface area (Å²) in [6.45, 7) is 7.34. The van der Waals surface area contributed by atoms with Gasteiger partial charge in [0, 0.05) is 30.1 Å². The first-order valence-electron chi connectivity index (χ1n) is 9.03. The first kappa shape index (κ1) is 19.0. The van der Waals surface area contributed by atoms with Crippen LogP contribution < -0.4 is 10.1 Å². The molecule has 2 aromatic rings. The zero-order chi connectivity index (χ0) is 18.1. The molecule has 0 aliphatic heterocycles. The number of nitrogens with one attached hydrogen (secondary N) is 1. The molecule has 0 aliphatic carbocycles. The van der Waals surface area contributed by atoms with E-state index < -0.39 is 0 Å². The van der Waals surface area contributed by atoms with Crippen molar-refractivity contribution in [1.29, 1.82) is 0 Å². The van der Waals surface area contributed by atoms with Gasteiger partial charge >= 0.3 is 0 Å². The number of benzene rings is 1. The molecule has 0 saturated heterocycles. The van der Waals surface area contributed by atoms with Crippen molar-refractivity contribution < 1.29 is 9.53 Å². The summed E-state index contributed by atoms with van der Waals surface area (Å²) in [4.78, 5) is 16.4. The molecule has 0 bridgehead atoms. The van der Waals surface area contributed by atoms with E-state index in [2.05, 4.69) is 17.2 Å². The lowest BCUT2D eigenvalue weighted by Crippen LogP contribution is -2.24. The molecule has 1 aromatic heterocycles. The Balaban J connectivity index is 1.95. The van der Waals surface area contributed by atoms with Gasteiger partial charge in [-0.25, -0.2) is 0 Å². The maximum atomic E-state index is 12.3. The molecule has 134 valence electrons. The largest absolute Gasteiger partial charge is 0.488 e. The second kappa shape index (κ2) is 9.82. The second-order valence-corrected chi connectivity index (χ2v) is 6.41. The van der Waals surface area contributed by atoms with Crippen molar-refractivity contribution in [1.82, 2.24) is 10.3 Å². The van der Waals surface area contributed by atoms with Crippen LogP contribution in [0.4, 0.5) is 0 Å². The number of hydrogen-bond acceptors (Lipinski definition) is 3. The Morgan fingerprint density at radius 2 is 1.92 bits per heavy atom. The Bertz CT molecular complexity index is 661. The standard InChI is InChI=1S/C21H28N2O2/c1-4-5-6-7-11-23-21(24)19-12-16(2)20(17(3)13-19)25-15-18-9-8-10-22-14-18/h8-10,12-14H,4-7,11,15H2,1-3H3,(H,23,24). The molecule has 1 heterocycles. The first-order chi connectivity index (χ1) is 12.1. The van der Waals surface area contributed by atoms with E-state index in [0.717, 1.165) is 41.8 Å². The summed E-state index contributed by atoms with van der Waals surface area (Å²) in [6, 6.07) is 7.67. The Morgan fingerprint density at radius 3 is 2.56 bits per heavy atom. The maximum Gasteiger partial charge on any atom is 0.251 e. The highest BCUT2D eigenvalue weighted by molar-refractivity contribution is 5.94. The average molecular weight is 340 g/mol. The fraction of sp³-hybridized carbons (Fsp3) is 0.429. The summed E-state index contributed by atoms with van der Waals surface area (Å²) in [5.74, 6) is 0.824. The highest BCUT2D eigenvalue weighted by atomic mass is 16.5. The van der Waals surface area contributed by atoms with Gasteiger partial charge in [0.05, 0.1) is 0 Å². The molecule has 0 radical (unpaired) electrons. The lowest BCUT2D eigenvalue weighted by atomic mass is 10.0. The lowest BCUT2D eigenvalue weighted by molar-refractivity contribution is 0.0952. The van der Waals surface area contributed by atoms with E-state index in [1.807, 2.05) is 38.1 Å². The number of aromatic nitrogens is 1. The summed E-state index contributed by atoms with van der Waals surface area (Å²) in [5.41, 5.74) is 3.66. The molecule has 0 aliphatic rings. The van der Waals surface area contributed by atoms with E-state index in [1.54, 1.807) is 12.4 Å². The number of amides is 1. The summed E-state index contributed by atoms with van der Waals surface area (Å²) < 4.78 is 5.94. The van der Waals surface area contributed by atoms with E-state index in [4.69, 9.17) is 4.74 Å². The maximum absolute atomic E-state index is 12.3. The predicted molar refractivity (Wildman–Crippen MR) is 101 cm³/mol. The third-order valence-electron chi connectivity index (χ3n) is 4.14. The van der Waals surface area contributed by atoms with Crippen LogP contribution in [-0.4, -0.2) is 17.4 Å². The van der Waals surface area contributed by atoms with Gasteiger partial charge in [0.2, 0.25) is 0 Å². The van der Waals surface area contributed by atoms with Crippen LogP contribution in [0.25, 0.3) is 0 Å². The average Bonchev–Trinajstić information content (AvgIpc) is 2.61. The van der Waals surface area contributed by atoms with Gasteiger partial charge in [-0.1, -0.05) is 32.3 Å². The number of ether oxygens (including phenoxy) is 1. The smallest absolute Gasteiger partial charge is 0.251 e. The number of nitrogens with zero attached hydrogens (tertiary/aromatic N) is 1. The SMILES string of the molecule is CCCCCCNC(=O)c1cc(C)c(OCc2cccnc2)c(C)c1. The Kier molecular flexibility index (Phi) is 7.45. The topological polar surface area (TPSA) is 51.2 Å². The molecule has 0 unspecified atom stereocenters. The second-order valence-electron chi connectivity index (χ2n) is 6.41.